The monoisotopic (exact) mass is 213 g/mol. The molecule has 1 rings (SSSR count). The highest BCUT2D eigenvalue weighted by molar-refractivity contribution is 7.12. The van der Waals surface area contributed by atoms with Gasteiger partial charge in [-0.25, -0.2) is 0 Å². The molecule has 1 heterocycles. The molecule has 0 radical (unpaired) electrons. The van der Waals surface area contributed by atoms with Gasteiger partial charge in [-0.1, -0.05) is 6.07 Å². The van der Waals surface area contributed by atoms with Crippen LogP contribution in [0.1, 0.15) is 16.1 Å². The molecule has 0 aromatic carbocycles. The summed E-state index contributed by atoms with van der Waals surface area (Å²) < 4.78 is 4.42. The highest BCUT2D eigenvalue weighted by atomic mass is 32.1. The molecule has 5 heteroatoms. The van der Waals surface area contributed by atoms with Crippen LogP contribution in [0.25, 0.3) is 0 Å². The summed E-state index contributed by atoms with van der Waals surface area (Å²) in [6.07, 6.45) is -0.0762. The number of nitrogens with two attached hydrogens (primary N) is 1. The van der Waals surface area contributed by atoms with Gasteiger partial charge in [0.25, 0.3) is 0 Å². The molecule has 1 aromatic heterocycles. The molecule has 1 aromatic rings. The molecule has 76 valence electrons. The summed E-state index contributed by atoms with van der Waals surface area (Å²) in [5.41, 5.74) is 5.54. The van der Waals surface area contributed by atoms with Crippen molar-refractivity contribution in [2.45, 2.75) is 12.5 Å². The summed E-state index contributed by atoms with van der Waals surface area (Å²) in [6, 6.07) is 2.65. The van der Waals surface area contributed by atoms with Gasteiger partial charge in [-0.3, -0.25) is 9.59 Å². The first-order valence-electron chi connectivity index (χ1n) is 4.05. The van der Waals surface area contributed by atoms with Crippen LogP contribution in [-0.2, 0) is 9.53 Å². The second-order valence-electron chi connectivity index (χ2n) is 2.73. The van der Waals surface area contributed by atoms with Crippen molar-refractivity contribution in [3.8, 4) is 0 Å². The Morgan fingerprint density at radius 2 is 2.36 bits per heavy atom. The Labute approximate surface area is 85.7 Å². The summed E-state index contributed by atoms with van der Waals surface area (Å²) in [7, 11) is 1.27. The van der Waals surface area contributed by atoms with Crippen molar-refractivity contribution in [2.24, 2.45) is 5.73 Å². The molecule has 0 aliphatic rings. The van der Waals surface area contributed by atoms with E-state index in [0.29, 0.717) is 4.88 Å². The van der Waals surface area contributed by atoms with E-state index in [1.807, 2.05) is 0 Å². The number of carbonyl (C=O) groups excluding carboxylic acids is 2. The molecule has 0 aliphatic heterocycles. The Balaban J connectivity index is 2.58. The van der Waals surface area contributed by atoms with Gasteiger partial charge in [-0.15, -0.1) is 11.3 Å². The highest BCUT2D eigenvalue weighted by Crippen LogP contribution is 2.11. The molecular formula is C9H11NO3S. The van der Waals surface area contributed by atoms with Crippen molar-refractivity contribution >= 4 is 23.1 Å². The minimum atomic E-state index is -0.805. The molecule has 1 atom stereocenters. The van der Waals surface area contributed by atoms with E-state index in [1.165, 1.54) is 18.4 Å². The summed E-state index contributed by atoms with van der Waals surface area (Å²) in [4.78, 5) is 23.0. The first-order chi connectivity index (χ1) is 6.65. The van der Waals surface area contributed by atoms with Gasteiger partial charge < -0.3 is 10.5 Å². The number of hydrogen-bond acceptors (Lipinski definition) is 5. The molecule has 4 nitrogen and oxygen atoms in total. The number of methoxy groups -OCH3 is 1. The second kappa shape index (κ2) is 4.88. The Kier molecular flexibility index (Phi) is 3.79. The number of ether oxygens (including phenoxy) is 1. The normalized spacial score (nSPS) is 12.1. The van der Waals surface area contributed by atoms with E-state index in [-0.39, 0.29) is 12.2 Å². The van der Waals surface area contributed by atoms with Crippen molar-refractivity contribution in [1.82, 2.24) is 0 Å². The number of ketones is 1. The van der Waals surface area contributed by atoms with E-state index in [1.54, 1.807) is 17.5 Å². The number of thiophene rings is 1. The summed E-state index contributed by atoms with van der Waals surface area (Å²) in [5, 5.41) is 1.79. The lowest BCUT2D eigenvalue weighted by molar-refractivity contribution is -0.140. The predicted octanol–water partition coefficient (Wildman–Crippen LogP) is 0.821. The highest BCUT2D eigenvalue weighted by Gasteiger charge is 2.19. The van der Waals surface area contributed by atoms with Crippen LogP contribution in [0.3, 0.4) is 0 Å². The van der Waals surface area contributed by atoms with Crippen molar-refractivity contribution < 1.29 is 14.3 Å². The van der Waals surface area contributed by atoms with Gasteiger partial charge in [0.15, 0.2) is 5.78 Å². The van der Waals surface area contributed by atoms with Crippen LogP contribution in [0, 0.1) is 0 Å². The second-order valence-corrected chi connectivity index (χ2v) is 3.68. The van der Waals surface area contributed by atoms with E-state index in [9.17, 15) is 9.59 Å². The molecule has 0 fully saturated rings. The average Bonchev–Trinajstić information content (AvgIpc) is 2.69. The predicted molar refractivity (Wildman–Crippen MR) is 53.3 cm³/mol. The first kappa shape index (κ1) is 10.9. The maximum absolute atomic E-state index is 11.5. The van der Waals surface area contributed by atoms with E-state index in [0.717, 1.165) is 0 Å². The summed E-state index contributed by atoms with van der Waals surface area (Å²) >= 11 is 1.31. The molecule has 1 unspecified atom stereocenters. The molecule has 0 bridgehead atoms. The van der Waals surface area contributed by atoms with Gasteiger partial charge >= 0.3 is 5.97 Å². The average molecular weight is 213 g/mol. The molecule has 0 saturated carbocycles. The van der Waals surface area contributed by atoms with Crippen molar-refractivity contribution in [3.05, 3.63) is 22.4 Å². The number of rotatable bonds is 4. The molecule has 0 aliphatic carbocycles. The van der Waals surface area contributed by atoms with Crippen LogP contribution in [-0.4, -0.2) is 24.9 Å². The van der Waals surface area contributed by atoms with Crippen LogP contribution in [0.2, 0.25) is 0 Å². The van der Waals surface area contributed by atoms with Gasteiger partial charge in [-0.05, 0) is 11.4 Å². The van der Waals surface area contributed by atoms with Gasteiger partial charge in [0.1, 0.15) is 0 Å². The molecule has 0 spiro atoms. The molecule has 2 N–H and O–H groups in total. The van der Waals surface area contributed by atoms with Crippen LogP contribution in [0.15, 0.2) is 17.5 Å². The van der Waals surface area contributed by atoms with Crippen LogP contribution >= 0.6 is 11.3 Å². The van der Waals surface area contributed by atoms with Gasteiger partial charge in [0.05, 0.1) is 24.4 Å². The smallest absolute Gasteiger partial charge is 0.307 e. The lowest BCUT2D eigenvalue weighted by atomic mass is 10.1. The molecule has 0 saturated heterocycles. The topological polar surface area (TPSA) is 69.4 Å². The number of carbonyl (C=O) groups is 2. The van der Waals surface area contributed by atoms with Gasteiger partial charge in [0, 0.05) is 0 Å². The van der Waals surface area contributed by atoms with Crippen LogP contribution in [0.5, 0.6) is 0 Å². The zero-order chi connectivity index (χ0) is 10.6. The Hall–Kier alpha value is -1.20. The van der Waals surface area contributed by atoms with Crippen molar-refractivity contribution in [1.29, 1.82) is 0 Å². The van der Waals surface area contributed by atoms with Crippen molar-refractivity contribution in [3.63, 3.8) is 0 Å². The maximum Gasteiger partial charge on any atom is 0.307 e. The largest absolute Gasteiger partial charge is 0.469 e. The maximum atomic E-state index is 11.5. The zero-order valence-corrected chi connectivity index (χ0v) is 8.54. The Morgan fingerprint density at radius 3 is 2.86 bits per heavy atom. The third-order valence-electron chi connectivity index (χ3n) is 1.72. The Morgan fingerprint density at radius 1 is 1.64 bits per heavy atom. The lowest BCUT2D eigenvalue weighted by Crippen LogP contribution is -2.32. The summed E-state index contributed by atoms with van der Waals surface area (Å²) in [6.45, 7) is 0. The van der Waals surface area contributed by atoms with Crippen molar-refractivity contribution in [2.75, 3.05) is 7.11 Å². The minimum Gasteiger partial charge on any atom is -0.469 e. The van der Waals surface area contributed by atoms with E-state index >= 15 is 0 Å². The zero-order valence-electron chi connectivity index (χ0n) is 7.73. The Bertz CT molecular complexity index is 321. The van der Waals surface area contributed by atoms with Gasteiger partial charge in [0.2, 0.25) is 0 Å². The van der Waals surface area contributed by atoms with Crippen LogP contribution in [0.4, 0.5) is 0 Å². The number of esters is 1. The standard InChI is InChI=1S/C9H11NO3S/c1-13-8(11)5-6(10)9(12)7-3-2-4-14-7/h2-4,6H,5,10H2,1H3. The quantitative estimate of drug-likeness (QED) is 0.594. The minimum absolute atomic E-state index is 0.0762. The third kappa shape index (κ3) is 2.65. The van der Waals surface area contributed by atoms with E-state index in [2.05, 4.69) is 4.74 Å². The van der Waals surface area contributed by atoms with E-state index in [4.69, 9.17) is 5.73 Å². The molecular weight excluding hydrogens is 202 g/mol. The summed E-state index contributed by atoms with van der Waals surface area (Å²) in [5.74, 6) is -0.687. The SMILES string of the molecule is COC(=O)CC(N)C(=O)c1cccs1. The van der Waals surface area contributed by atoms with Crippen LogP contribution < -0.4 is 5.73 Å². The fourth-order valence-electron chi connectivity index (χ4n) is 0.957. The number of Topliss-reactive ketones (excluding diaryl/α,β-unsaturated/α-hetero) is 1. The molecule has 0 amide bonds. The number of hydrogen-bond donors (Lipinski definition) is 1. The fraction of sp³-hybridized carbons (Fsp3) is 0.333. The third-order valence-corrected chi connectivity index (χ3v) is 2.60. The first-order valence-corrected chi connectivity index (χ1v) is 4.93. The lowest BCUT2D eigenvalue weighted by Gasteiger charge is -2.06. The van der Waals surface area contributed by atoms with E-state index < -0.39 is 12.0 Å². The molecule has 14 heavy (non-hydrogen) atoms. The van der Waals surface area contributed by atoms with Gasteiger partial charge in [-0.2, -0.15) is 0 Å². The fourth-order valence-corrected chi connectivity index (χ4v) is 1.69.